The number of benzene rings is 1. The average molecular weight is 437 g/mol. The Bertz CT molecular complexity index is 1090. The quantitative estimate of drug-likeness (QED) is 0.618. The highest BCUT2D eigenvalue weighted by Crippen LogP contribution is 2.34. The van der Waals surface area contributed by atoms with Gasteiger partial charge in [0.15, 0.2) is 21.3 Å². The average Bonchev–Trinajstić information content (AvgIpc) is 3.33. The van der Waals surface area contributed by atoms with E-state index in [9.17, 15) is 13.2 Å². The number of hydrogen-bond acceptors (Lipinski definition) is 6. The van der Waals surface area contributed by atoms with Crippen LogP contribution in [0.5, 0.6) is 0 Å². The van der Waals surface area contributed by atoms with Gasteiger partial charge in [0.1, 0.15) is 0 Å². The molecule has 28 heavy (non-hydrogen) atoms. The Kier molecular flexibility index (Phi) is 5.27. The van der Waals surface area contributed by atoms with Gasteiger partial charge in [-0.15, -0.1) is 11.3 Å². The van der Waals surface area contributed by atoms with Gasteiger partial charge < -0.3 is 9.42 Å². The van der Waals surface area contributed by atoms with Crippen LogP contribution in [0.4, 0.5) is 0 Å². The van der Waals surface area contributed by atoms with Crippen LogP contribution in [0.25, 0.3) is 10.6 Å². The molecule has 1 fully saturated rings. The zero-order valence-electron chi connectivity index (χ0n) is 14.7. The molecule has 6 nitrogen and oxygen atoms in total. The highest BCUT2D eigenvalue weighted by Gasteiger charge is 2.34. The third-order valence-corrected chi connectivity index (χ3v) is 8.11. The molecule has 1 aliphatic rings. The first kappa shape index (κ1) is 19.2. The lowest BCUT2D eigenvalue weighted by Crippen LogP contribution is -2.33. The summed E-state index contributed by atoms with van der Waals surface area (Å²) in [6.07, 6.45) is 0.285. The number of hydrogen-bond donors (Lipinski definition) is 0. The Hall–Kier alpha value is -2.16. The second-order valence-corrected chi connectivity index (χ2v) is 10.2. The summed E-state index contributed by atoms with van der Waals surface area (Å²) in [5.41, 5.74) is 0.761. The molecular formula is C19H17ClN2O4S2. The van der Waals surface area contributed by atoms with Gasteiger partial charge in [-0.05, 0) is 29.5 Å². The van der Waals surface area contributed by atoms with E-state index in [0.29, 0.717) is 22.9 Å². The van der Waals surface area contributed by atoms with Crippen LogP contribution in [0.15, 0.2) is 52.4 Å². The van der Waals surface area contributed by atoms with Crippen molar-refractivity contribution in [2.75, 3.05) is 18.8 Å². The van der Waals surface area contributed by atoms with Crippen molar-refractivity contribution in [2.24, 2.45) is 0 Å². The number of sulfone groups is 1. The van der Waals surface area contributed by atoms with E-state index < -0.39 is 15.1 Å². The van der Waals surface area contributed by atoms with E-state index in [-0.39, 0.29) is 30.3 Å². The topological polar surface area (TPSA) is 80.5 Å². The number of carbonyl (C=O) groups excluding carboxylic acids is 1. The van der Waals surface area contributed by atoms with Gasteiger partial charge in [0.25, 0.3) is 5.91 Å². The summed E-state index contributed by atoms with van der Waals surface area (Å²) in [7, 11) is -3.43. The van der Waals surface area contributed by atoms with Crippen molar-refractivity contribution in [3.8, 4) is 10.6 Å². The van der Waals surface area contributed by atoms with Gasteiger partial charge in [0, 0.05) is 24.2 Å². The number of carbonyl (C=O) groups is 1. The Morgan fingerprint density at radius 3 is 2.79 bits per heavy atom. The highest BCUT2D eigenvalue weighted by atomic mass is 35.5. The summed E-state index contributed by atoms with van der Waals surface area (Å²) in [4.78, 5) is 15.2. The molecule has 1 aliphatic heterocycles. The van der Waals surface area contributed by atoms with Crippen LogP contribution in [0.2, 0.25) is 5.02 Å². The fraction of sp³-hybridized carbons (Fsp3) is 0.263. The van der Waals surface area contributed by atoms with Crippen molar-refractivity contribution in [1.29, 1.82) is 0 Å². The molecule has 2 aromatic heterocycles. The van der Waals surface area contributed by atoms with Crippen molar-refractivity contribution < 1.29 is 17.7 Å². The second kappa shape index (κ2) is 7.69. The molecule has 0 bridgehead atoms. The maximum Gasteiger partial charge on any atom is 0.276 e. The molecule has 3 heterocycles. The maximum atomic E-state index is 12.8. The maximum absolute atomic E-state index is 12.8. The lowest BCUT2D eigenvalue weighted by atomic mass is 10.1. The van der Waals surface area contributed by atoms with E-state index in [1.54, 1.807) is 30.3 Å². The first-order chi connectivity index (χ1) is 13.5. The third-order valence-electron chi connectivity index (χ3n) is 4.77. The zero-order chi connectivity index (χ0) is 19.7. The number of aromatic nitrogens is 1. The minimum Gasteiger partial charge on any atom is -0.355 e. The van der Waals surface area contributed by atoms with Gasteiger partial charge in [-0.2, -0.15) is 0 Å². The molecule has 0 N–H and O–H groups in total. The highest BCUT2D eigenvalue weighted by molar-refractivity contribution is 7.91. The minimum absolute atomic E-state index is 0.114. The molecule has 1 aromatic carbocycles. The molecule has 0 radical (unpaired) electrons. The van der Waals surface area contributed by atoms with Crippen LogP contribution in [0.1, 0.15) is 27.7 Å². The number of rotatable bonds is 3. The van der Waals surface area contributed by atoms with Crippen LogP contribution < -0.4 is 0 Å². The van der Waals surface area contributed by atoms with Gasteiger partial charge >= 0.3 is 0 Å². The van der Waals surface area contributed by atoms with Crippen molar-refractivity contribution in [3.63, 3.8) is 0 Å². The molecule has 1 amide bonds. The number of amides is 1. The molecule has 0 aliphatic carbocycles. The van der Waals surface area contributed by atoms with Crippen LogP contribution in [-0.2, 0) is 9.84 Å². The monoisotopic (exact) mass is 436 g/mol. The van der Waals surface area contributed by atoms with E-state index in [2.05, 4.69) is 5.16 Å². The minimum atomic E-state index is -3.43. The number of nitrogens with zero attached hydrogens (tertiary/aromatic N) is 2. The molecule has 146 valence electrons. The zero-order valence-corrected chi connectivity index (χ0v) is 17.1. The third kappa shape index (κ3) is 3.72. The summed E-state index contributed by atoms with van der Waals surface area (Å²) < 4.78 is 30.9. The molecule has 3 aromatic rings. The van der Waals surface area contributed by atoms with E-state index in [4.69, 9.17) is 16.1 Å². The van der Waals surface area contributed by atoms with Crippen molar-refractivity contribution >= 4 is 38.7 Å². The summed E-state index contributed by atoms with van der Waals surface area (Å²) in [5, 5.41) is 5.49. The molecule has 1 unspecified atom stereocenters. The van der Waals surface area contributed by atoms with Crippen molar-refractivity contribution in [3.05, 3.63) is 64.1 Å². The molecule has 4 rings (SSSR count). The van der Waals surface area contributed by atoms with Crippen LogP contribution in [0.3, 0.4) is 0 Å². The Balaban J connectivity index is 1.55. The first-order valence-electron chi connectivity index (χ1n) is 8.71. The number of halogens is 1. The predicted octanol–water partition coefficient (Wildman–Crippen LogP) is 4.06. The lowest BCUT2D eigenvalue weighted by Gasteiger charge is -2.18. The van der Waals surface area contributed by atoms with Gasteiger partial charge in [-0.1, -0.05) is 41.0 Å². The first-order valence-corrected chi connectivity index (χ1v) is 11.7. The van der Waals surface area contributed by atoms with Crippen molar-refractivity contribution in [2.45, 2.75) is 11.7 Å². The molecule has 1 saturated heterocycles. The smallest absolute Gasteiger partial charge is 0.276 e. The SMILES string of the molecule is O=C(c1cc(-c2cccs2)on1)N1CCC(c2ccccc2Cl)S(=O)(=O)CC1. The van der Waals surface area contributed by atoms with E-state index >= 15 is 0 Å². The van der Waals surface area contributed by atoms with Gasteiger partial charge in [-0.3, -0.25) is 4.79 Å². The normalized spacial score (nSPS) is 19.3. The van der Waals surface area contributed by atoms with E-state index in [1.165, 1.54) is 16.2 Å². The molecule has 0 saturated carbocycles. The van der Waals surface area contributed by atoms with Crippen LogP contribution in [-0.4, -0.2) is 43.2 Å². The Morgan fingerprint density at radius 1 is 1.21 bits per heavy atom. The van der Waals surface area contributed by atoms with Gasteiger partial charge in [-0.25, -0.2) is 8.42 Å². The lowest BCUT2D eigenvalue weighted by molar-refractivity contribution is 0.0756. The Morgan fingerprint density at radius 2 is 2.04 bits per heavy atom. The largest absolute Gasteiger partial charge is 0.355 e. The molecule has 9 heteroatoms. The fourth-order valence-corrected chi connectivity index (χ4v) is 6.13. The second-order valence-electron chi connectivity index (χ2n) is 6.51. The van der Waals surface area contributed by atoms with Crippen LogP contribution >= 0.6 is 22.9 Å². The van der Waals surface area contributed by atoms with Gasteiger partial charge in [0.2, 0.25) is 0 Å². The van der Waals surface area contributed by atoms with E-state index in [0.717, 1.165) is 4.88 Å². The molecule has 1 atom stereocenters. The summed E-state index contributed by atoms with van der Waals surface area (Å²) >= 11 is 7.71. The number of thiophene rings is 1. The van der Waals surface area contributed by atoms with E-state index in [1.807, 2.05) is 17.5 Å². The summed E-state index contributed by atoms with van der Waals surface area (Å²) in [5.74, 6) is 0.0702. The fourth-order valence-electron chi connectivity index (χ4n) is 3.31. The standard InChI is InChI=1S/C19H17ClN2O4S2/c20-14-5-2-1-4-13(14)18-7-8-22(9-11-28(18,24)25)19(23)15-12-16(26-21-15)17-6-3-10-27-17/h1-6,10,12,18H,7-9,11H2. The predicted molar refractivity (Wildman–Crippen MR) is 108 cm³/mol. The summed E-state index contributed by atoms with van der Waals surface area (Å²) in [6, 6.07) is 12.3. The molecule has 0 spiro atoms. The molecular weight excluding hydrogens is 420 g/mol. The summed E-state index contributed by atoms with van der Waals surface area (Å²) in [6.45, 7) is 0.415. The van der Waals surface area contributed by atoms with Crippen LogP contribution in [0, 0.1) is 0 Å². The Labute approximate surface area is 171 Å². The van der Waals surface area contributed by atoms with Gasteiger partial charge in [0.05, 0.1) is 15.9 Å². The van der Waals surface area contributed by atoms with Crippen molar-refractivity contribution in [1.82, 2.24) is 10.1 Å².